The molecular formula is C25H23NO6. The number of hydrogen-bond donors (Lipinski definition) is 1. The highest BCUT2D eigenvalue weighted by Crippen LogP contribution is 2.36. The Morgan fingerprint density at radius 2 is 1.66 bits per heavy atom. The zero-order chi connectivity index (χ0) is 22.7. The number of hydrogen-bond acceptors (Lipinski definition) is 6. The van der Waals surface area contributed by atoms with Crippen molar-refractivity contribution < 1.29 is 28.2 Å². The Labute approximate surface area is 184 Å². The predicted molar refractivity (Wildman–Crippen MR) is 121 cm³/mol. The second-order valence-corrected chi connectivity index (χ2v) is 7.47. The molecule has 4 rings (SSSR count). The van der Waals surface area contributed by atoms with Crippen molar-refractivity contribution in [3.63, 3.8) is 0 Å². The highest BCUT2D eigenvalue weighted by Gasteiger charge is 2.15. The van der Waals surface area contributed by atoms with Gasteiger partial charge in [-0.15, -0.1) is 0 Å². The molecule has 0 saturated carbocycles. The minimum atomic E-state index is -0.640. The maximum Gasteiger partial charge on any atom is 0.344 e. The van der Waals surface area contributed by atoms with Crippen molar-refractivity contribution in [1.29, 1.82) is 0 Å². The van der Waals surface area contributed by atoms with Gasteiger partial charge in [0.15, 0.2) is 13.2 Å². The summed E-state index contributed by atoms with van der Waals surface area (Å²) in [6.45, 7) is 3.15. The van der Waals surface area contributed by atoms with Gasteiger partial charge in [-0.25, -0.2) is 4.79 Å². The van der Waals surface area contributed by atoms with Gasteiger partial charge in [-0.05, 0) is 49.2 Å². The second kappa shape index (κ2) is 9.01. The highest BCUT2D eigenvalue weighted by atomic mass is 16.6. The number of fused-ring (bicyclic) bond motifs is 3. The van der Waals surface area contributed by atoms with E-state index in [-0.39, 0.29) is 6.61 Å². The number of aryl methyl sites for hydroxylation is 2. The van der Waals surface area contributed by atoms with E-state index in [4.69, 9.17) is 18.6 Å². The van der Waals surface area contributed by atoms with Gasteiger partial charge in [0.05, 0.1) is 12.8 Å². The van der Waals surface area contributed by atoms with E-state index in [1.54, 1.807) is 12.1 Å². The van der Waals surface area contributed by atoms with Crippen LogP contribution in [0, 0.1) is 13.8 Å². The first-order chi connectivity index (χ1) is 15.4. The van der Waals surface area contributed by atoms with Crippen LogP contribution >= 0.6 is 0 Å². The number of carbonyl (C=O) groups excluding carboxylic acids is 2. The summed E-state index contributed by atoms with van der Waals surface area (Å²) in [5, 5.41) is 4.54. The van der Waals surface area contributed by atoms with Crippen LogP contribution in [-0.4, -0.2) is 32.2 Å². The summed E-state index contributed by atoms with van der Waals surface area (Å²) in [7, 11) is 1.52. The van der Waals surface area contributed by atoms with Gasteiger partial charge in [0.25, 0.3) is 5.91 Å². The van der Waals surface area contributed by atoms with Crippen LogP contribution in [0.15, 0.2) is 59.0 Å². The number of amides is 1. The van der Waals surface area contributed by atoms with Crippen molar-refractivity contribution in [2.45, 2.75) is 13.8 Å². The van der Waals surface area contributed by atoms with Crippen molar-refractivity contribution >= 4 is 39.5 Å². The Morgan fingerprint density at radius 1 is 0.906 bits per heavy atom. The summed E-state index contributed by atoms with van der Waals surface area (Å²) in [4.78, 5) is 24.3. The standard InChI is InChI=1S/C25H23NO6/c1-15-8-16(2)10-17(9-15)30-14-25(28)31-13-24(27)26-20-12-22-19(11-23(20)29-3)18-6-4-5-7-21(18)32-22/h4-12H,13-14H2,1-3H3,(H,26,27). The largest absolute Gasteiger partial charge is 0.495 e. The van der Waals surface area contributed by atoms with E-state index < -0.39 is 18.5 Å². The number of methoxy groups -OCH3 is 1. The van der Waals surface area contributed by atoms with Crippen LogP contribution in [0.5, 0.6) is 11.5 Å². The van der Waals surface area contributed by atoms with E-state index in [1.165, 1.54) is 7.11 Å². The van der Waals surface area contributed by atoms with Gasteiger partial charge >= 0.3 is 5.97 Å². The van der Waals surface area contributed by atoms with Crippen LogP contribution in [0.1, 0.15) is 11.1 Å². The lowest BCUT2D eigenvalue weighted by molar-refractivity contribution is -0.149. The zero-order valence-corrected chi connectivity index (χ0v) is 18.1. The highest BCUT2D eigenvalue weighted by molar-refractivity contribution is 6.07. The van der Waals surface area contributed by atoms with Crippen molar-refractivity contribution in [3.05, 3.63) is 65.7 Å². The molecule has 1 amide bonds. The topological polar surface area (TPSA) is 87.0 Å². The van der Waals surface area contributed by atoms with Gasteiger partial charge in [-0.1, -0.05) is 24.3 Å². The van der Waals surface area contributed by atoms with Crippen molar-refractivity contribution in [3.8, 4) is 11.5 Å². The fraction of sp³-hybridized carbons (Fsp3) is 0.200. The fourth-order valence-corrected chi connectivity index (χ4v) is 3.55. The average molecular weight is 433 g/mol. The number of ether oxygens (including phenoxy) is 3. The normalized spacial score (nSPS) is 10.8. The molecule has 3 aromatic carbocycles. The van der Waals surface area contributed by atoms with Crippen LogP contribution in [0.2, 0.25) is 0 Å². The van der Waals surface area contributed by atoms with E-state index >= 15 is 0 Å². The Bertz CT molecular complexity index is 1290. The molecule has 0 bridgehead atoms. The SMILES string of the molecule is COc1cc2c(cc1NC(=O)COC(=O)COc1cc(C)cc(C)c1)oc1ccccc12. The smallest absolute Gasteiger partial charge is 0.344 e. The first-order valence-electron chi connectivity index (χ1n) is 10.1. The number of furan rings is 1. The van der Waals surface area contributed by atoms with Crippen molar-refractivity contribution in [2.75, 3.05) is 25.6 Å². The lowest BCUT2D eigenvalue weighted by Gasteiger charge is -2.11. The third-order valence-corrected chi connectivity index (χ3v) is 4.89. The van der Waals surface area contributed by atoms with Gasteiger partial charge in [0, 0.05) is 16.8 Å². The Kier molecular flexibility index (Phi) is 5.98. The lowest BCUT2D eigenvalue weighted by Crippen LogP contribution is -2.23. The summed E-state index contributed by atoms with van der Waals surface area (Å²) < 4.78 is 21.8. The van der Waals surface area contributed by atoms with Crippen LogP contribution < -0.4 is 14.8 Å². The van der Waals surface area contributed by atoms with E-state index in [9.17, 15) is 9.59 Å². The number of benzene rings is 3. The molecule has 7 nitrogen and oxygen atoms in total. The molecule has 0 unspecified atom stereocenters. The molecule has 0 aliphatic carbocycles. The van der Waals surface area contributed by atoms with E-state index in [0.29, 0.717) is 22.8 Å². The van der Waals surface area contributed by atoms with Crippen molar-refractivity contribution in [2.24, 2.45) is 0 Å². The third-order valence-electron chi connectivity index (χ3n) is 4.89. The van der Waals surface area contributed by atoms with E-state index in [1.807, 2.05) is 56.3 Å². The number of esters is 1. The van der Waals surface area contributed by atoms with E-state index in [2.05, 4.69) is 5.32 Å². The second-order valence-electron chi connectivity index (χ2n) is 7.47. The first-order valence-corrected chi connectivity index (χ1v) is 10.1. The van der Waals surface area contributed by atoms with Gasteiger partial charge in [-0.3, -0.25) is 4.79 Å². The van der Waals surface area contributed by atoms with E-state index in [0.717, 1.165) is 27.5 Å². The average Bonchev–Trinajstić information content (AvgIpc) is 3.12. The first kappa shape index (κ1) is 21.2. The van der Waals surface area contributed by atoms with Gasteiger partial charge in [-0.2, -0.15) is 0 Å². The van der Waals surface area contributed by atoms with Crippen molar-refractivity contribution in [1.82, 2.24) is 0 Å². The number of rotatable bonds is 7. The number of nitrogens with one attached hydrogen (secondary N) is 1. The minimum Gasteiger partial charge on any atom is -0.495 e. The molecule has 0 radical (unpaired) electrons. The maximum atomic E-state index is 12.3. The quantitative estimate of drug-likeness (QED) is 0.423. The van der Waals surface area contributed by atoms with Gasteiger partial charge in [0.1, 0.15) is 22.7 Å². The molecule has 1 N–H and O–H groups in total. The molecule has 4 aromatic rings. The molecule has 0 saturated heterocycles. The minimum absolute atomic E-state index is 0.287. The molecule has 1 aromatic heterocycles. The number of carbonyl (C=O) groups is 2. The molecule has 0 atom stereocenters. The van der Waals surface area contributed by atoms with Gasteiger partial charge in [0.2, 0.25) is 0 Å². The van der Waals surface area contributed by atoms with Crippen LogP contribution in [0.3, 0.4) is 0 Å². The molecule has 7 heteroatoms. The monoisotopic (exact) mass is 433 g/mol. The molecular weight excluding hydrogens is 410 g/mol. The molecule has 1 heterocycles. The molecule has 0 fully saturated rings. The molecule has 164 valence electrons. The molecule has 0 aliphatic rings. The number of anilines is 1. The maximum absolute atomic E-state index is 12.3. The Balaban J connectivity index is 1.38. The molecule has 0 aliphatic heterocycles. The van der Waals surface area contributed by atoms with Crippen LogP contribution in [0.25, 0.3) is 21.9 Å². The Hall–Kier alpha value is -4.00. The molecule has 32 heavy (non-hydrogen) atoms. The van der Waals surface area contributed by atoms with Gasteiger partial charge < -0.3 is 23.9 Å². The zero-order valence-electron chi connectivity index (χ0n) is 18.1. The third kappa shape index (κ3) is 4.67. The predicted octanol–water partition coefficient (Wildman–Crippen LogP) is 4.77. The Morgan fingerprint density at radius 3 is 2.41 bits per heavy atom. The van der Waals surface area contributed by atoms with Crippen LogP contribution in [-0.2, 0) is 14.3 Å². The summed E-state index contributed by atoms with van der Waals surface area (Å²) in [6.07, 6.45) is 0. The summed E-state index contributed by atoms with van der Waals surface area (Å²) in [5.74, 6) is -0.0906. The van der Waals surface area contributed by atoms with Crippen LogP contribution in [0.4, 0.5) is 5.69 Å². The number of para-hydroxylation sites is 1. The summed E-state index contributed by atoms with van der Waals surface area (Å²) in [6, 6.07) is 16.8. The summed E-state index contributed by atoms with van der Waals surface area (Å²) >= 11 is 0. The molecule has 0 spiro atoms. The fourth-order valence-electron chi connectivity index (χ4n) is 3.55. The summed E-state index contributed by atoms with van der Waals surface area (Å²) in [5.41, 5.74) is 3.84. The lowest BCUT2D eigenvalue weighted by atomic mass is 10.1.